The zero-order chi connectivity index (χ0) is 18.9. The lowest BCUT2D eigenvalue weighted by Crippen LogP contribution is -2.48. The summed E-state index contributed by atoms with van der Waals surface area (Å²) in [6.07, 6.45) is 13.1. The molecular formula is C22H32O3. The van der Waals surface area contributed by atoms with E-state index < -0.39 is 5.60 Å². The van der Waals surface area contributed by atoms with E-state index in [0.717, 1.165) is 11.1 Å². The van der Waals surface area contributed by atoms with Crippen LogP contribution in [0, 0.1) is 5.41 Å². The average Bonchev–Trinajstić information content (AvgIpc) is 3.10. The molecule has 2 rings (SSSR count). The second-order valence-electron chi connectivity index (χ2n) is 8.35. The Hall–Kier alpha value is -1.45. The van der Waals surface area contributed by atoms with Gasteiger partial charge >= 0.3 is 0 Å². The highest BCUT2D eigenvalue weighted by Gasteiger charge is 2.76. The molecule has 1 N–H and O–H groups in total. The predicted molar refractivity (Wildman–Crippen MR) is 102 cm³/mol. The van der Waals surface area contributed by atoms with E-state index >= 15 is 0 Å². The third kappa shape index (κ3) is 3.88. The minimum absolute atomic E-state index is 0.118. The number of Topliss-reactive ketones (excluding diaryl/α,β-unsaturated/α-hetero) is 1. The third-order valence-electron chi connectivity index (χ3n) is 5.78. The van der Waals surface area contributed by atoms with Crippen LogP contribution < -0.4 is 0 Å². The van der Waals surface area contributed by atoms with Crippen molar-refractivity contribution in [3.8, 4) is 0 Å². The predicted octanol–water partition coefficient (Wildman–Crippen LogP) is 4.68. The lowest BCUT2D eigenvalue weighted by atomic mass is 9.61. The highest BCUT2D eigenvalue weighted by molar-refractivity contribution is 5.96. The molecule has 138 valence electrons. The van der Waals surface area contributed by atoms with Gasteiger partial charge in [-0.25, -0.2) is 0 Å². The fourth-order valence-corrected chi connectivity index (χ4v) is 4.26. The summed E-state index contributed by atoms with van der Waals surface area (Å²) in [6.45, 7) is 12.1. The summed E-state index contributed by atoms with van der Waals surface area (Å²) in [5.74, 6) is 0.118. The van der Waals surface area contributed by atoms with E-state index in [0.29, 0.717) is 19.3 Å². The average molecular weight is 344 g/mol. The van der Waals surface area contributed by atoms with E-state index in [4.69, 9.17) is 4.74 Å². The molecule has 3 nitrogen and oxygen atoms in total. The van der Waals surface area contributed by atoms with Gasteiger partial charge < -0.3 is 9.84 Å². The Kier molecular flexibility index (Phi) is 5.60. The number of fused-ring (bicyclic) bond motifs is 1. The quantitative estimate of drug-likeness (QED) is 0.432. The fraction of sp³-hybridized carbons (Fsp3) is 0.591. The number of epoxide rings is 1. The molecule has 0 bridgehead atoms. The van der Waals surface area contributed by atoms with Crippen molar-refractivity contribution in [3.05, 3.63) is 47.6 Å². The van der Waals surface area contributed by atoms with Gasteiger partial charge in [-0.1, -0.05) is 55.9 Å². The molecule has 0 aromatic rings. The molecule has 0 radical (unpaired) electrons. The summed E-state index contributed by atoms with van der Waals surface area (Å²) in [4.78, 5) is 12.7. The normalized spacial score (nSPS) is 35.2. The maximum Gasteiger partial charge on any atom is 0.161 e. The van der Waals surface area contributed by atoms with Crippen LogP contribution in [0.2, 0.25) is 0 Å². The standard InChI is InChI=1S/C22H32O3/c1-7-8-10-16(2)11-9-12-17(3)19(24)15-22-20(4,5)13-18(23)14-21(22,6)25-22/h7-12,18,23H,13-15H2,1-6H3/b8-7+,11-9+,16-10+,17-12+/t18-,21+,22-/m0/s1. The van der Waals surface area contributed by atoms with Crippen LogP contribution in [-0.4, -0.2) is 28.2 Å². The van der Waals surface area contributed by atoms with Crippen LogP contribution in [-0.2, 0) is 9.53 Å². The minimum Gasteiger partial charge on any atom is -0.393 e. The first kappa shape index (κ1) is 19.9. The van der Waals surface area contributed by atoms with Crippen LogP contribution in [0.15, 0.2) is 47.6 Å². The molecule has 0 unspecified atom stereocenters. The first-order chi connectivity index (χ1) is 11.6. The molecule has 1 aliphatic carbocycles. The molecule has 0 aromatic carbocycles. The summed E-state index contributed by atoms with van der Waals surface area (Å²) in [5.41, 5.74) is 0.831. The number of aliphatic hydroxyl groups is 1. The number of allylic oxidation sites excluding steroid dienone is 8. The van der Waals surface area contributed by atoms with Gasteiger partial charge in [-0.05, 0) is 45.1 Å². The van der Waals surface area contributed by atoms with Crippen LogP contribution in [0.4, 0.5) is 0 Å². The van der Waals surface area contributed by atoms with Gasteiger partial charge in [0.25, 0.3) is 0 Å². The van der Waals surface area contributed by atoms with E-state index in [1.54, 1.807) is 0 Å². The summed E-state index contributed by atoms with van der Waals surface area (Å²) in [6, 6.07) is 0. The number of rotatable bonds is 6. The number of ketones is 1. The molecule has 0 amide bonds. The molecule has 2 fully saturated rings. The Morgan fingerprint density at radius 1 is 1.16 bits per heavy atom. The molecule has 1 heterocycles. The molecule has 3 heteroatoms. The second kappa shape index (κ2) is 7.05. The van der Waals surface area contributed by atoms with Crippen molar-refractivity contribution >= 4 is 5.78 Å². The molecule has 0 aromatic heterocycles. The maximum absolute atomic E-state index is 12.7. The van der Waals surface area contributed by atoms with Crippen LogP contribution >= 0.6 is 0 Å². The SMILES string of the molecule is C/C=C/C=C(C)/C=C/C=C(\C)C(=O)C[C@@]12O[C@]1(C)C[C@@H](O)CC2(C)C. The number of ether oxygens (including phenoxy) is 1. The van der Waals surface area contributed by atoms with Gasteiger partial charge in [0.1, 0.15) is 5.60 Å². The Balaban J connectivity index is 2.07. The van der Waals surface area contributed by atoms with Gasteiger partial charge in [-0.15, -0.1) is 0 Å². The zero-order valence-corrected chi connectivity index (χ0v) is 16.4. The Labute approximate surface area is 152 Å². The maximum atomic E-state index is 12.7. The van der Waals surface area contributed by atoms with Crippen molar-refractivity contribution < 1.29 is 14.6 Å². The fourth-order valence-electron chi connectivity index (χ4n) is 4.26. The van der Waals surface area contributed by atoms with Gasteiger partial charge in [0.2, 0.25) is 0 Å². The van der Waals surface area contributed by atoms with Gasteiger partial charge in [-0.3, -0.25) is 4.79 Å². The van der Waals surface area contributed by atoms with Crippen molar-refractivity contribution in [2.45, 2.75) is 78.1 Å². The second-order valence-corrected chi connectivity index (χ2v) is 8.35. The molecule has 0 spiro atoms. The summed E-state index contributed by atoms with van der Waals surface area (Å²) < 4.78 is 6.10. The van der Waals surface area contributed by atoms with Crippen LogP contribution in [0.5, 0.6) is 0 Å². The monoisotopic (exact) mass is 344 g/mol. The van der Waals surface area contributed by atoms with Gasteiger partial charge in [0.05, 0.1) is 11.7 Å². The van der Waals surface area contributed by atoms with Crippen LogP contribution in [0.1, 0.15) is 60.8 Å². The van der Waals surface area contributed by atoms with Crippen molar-refractivity contribution in [2.75, 3.05) is 0 Å². The van der Waals surface area contributed by atoms with Crippen LogP contribution in [0.3, 0.4) is 0 Å². The van der Waals surface area contributed by atoms with E-state index in [1.165, 1.54) is 0 Å². The van der Waals surface area contributed by atoms with E-state index in [-0.39, 0.29) is 22.9 Å². The molecule has 1 aliphatic heterocycles. The first-order valence-corrected chi connectivity index (χ1v) is 9.13. The molecule has 3 atom stereocenters. The van der Waals surface area contributed by atoms with Gasteiger partial charge in [0, 0.05) is 12.8 Å². The van der Waals surface area contributed by atoms with Gasteiger partial charge in [-0.2, -0.15) is 0 Å². The van der Waals surface area contributed by atoms with Crippen LogP contribution in [0.25, 0.3) is 0 Å². The lowest BCUT2D eigenvalue weighted by Gasteiger charge is -2.40. The highest BCUT2D eigenvalue weighted by atomic mass is 16.6. The minimum atomic E-state index is -0.448. The topological polar surface area (TPSA) is 49.8 Å². The highest BCUT2D eigenvalue weighted by Crippen LogP contribution is 2.67. The number of carbonyl (C=O) groups excluding carboxylic acids is 1. The van der Waals surface area contributed by atoms with Crippen molar-refractivity contribution in [1.82, 2.24) is 0 Å². The summed E-state index contributed by atoms with van der Waals surface area (Å²) in [5, 5.41) is 10.1. The summed E-state index contributed by atoms with van der Waals surface area (Å²) in [7, 11) is 0. The first-order valence-electron chi connectivity index (χ1n) is 9.13. The number of aliphatic hydroxyl groups excluding tert-OH is 1. The zero-order valence-electron chi connectivity index (χ0n) is 16.4. The Bertz CT molecular complexity index is 650. The third-order valence-corrected chi connectivity index (χ3v) is 5.78. The number of hydrogen-bond donors (Lipinski definition) is 1. The number of hydrogen-bond acceptors (Lipinski definition) is 3. The molecule has 1 saturated heterocycles. The Morgan fingerprint density at radius 2 is 1.84 bits per heavy atom. The van der Waals surface area contributed by atoms with Crippen molar-refractivity contribution in [3.63, 3.8) is 0 Å². The van der Waals surface area contributed by atoms with Gasteiger partial charge in [0.15, 0.2) is 5.78 Å². The number of carbonyl (C=O) groups is 1. The van der Waals surface area contributed by atoms with Crippen molar-refractivity contribution in [1.29, 1.82) is 0 Å². The molecule has 1 saturated carbocycles. The van der Waals surface area contributed by atoms with E-state index in [9.17, 15) is 9.90 Å². The van der Waals surface area contributed by atoms with Crippen molar-refractivity contribution in [2.24, 2.45) is 5.41 Å². The molecule has 25 heavy (non-hydrogen) atoms. The van der Waals surface area contributed by atoms with E-state index in [2.05, 4.69) is 13.8 Å². The molecular weight excluding hydrogens is 312 g/mol. The Morgan fingerprint density at radius 3 is 2.44 bits per heavy atom. The summed E-state index contributed by atoms with van der Waals surface area (Å²) >= 11 is 0. The lowest BCUT2D eigenvalue weighted by molar-refractivity contribution is -0.118. The largest absolute Gasteiger partial charge is 0.393 e. The van der Waals surface area contributed by atoms with E-state index in [1.807, 2.05) is 64.2 Å². The smallest absolute Gasteiger partial charge is 0.161 e. The molecule has 2 aliphatic rings.